The molecule has 0 aliphatic rings. The van der Waals surface area contributed by atoms with Crippen molar-refractivity contribution in [2.45, 2.75) is 16.6 Å². The van der Waals surface area contributed by atoms with E-state index in [9.17, 15) is 4.79 Å². The first-order chi connectivity index (χ1) is 10.1. The third kappa shape index (κ3) is 4.10. The van der Waals surface area contributed by atoms with Crippen LogP contribution in [-0.4, -0.2) is 35.0 Å². The molecule has 2 rings (SSSR count). The summed E-state index contributed by atoms with van der Waals surface area (Å²) in [7, 11) is 3.34. The summed E-state index contributed by atoms with van der Waals surface area (Å²) in [4.78, 5) is 12.3. The summed E-state index contributed by atoms with van der Waals surface area (Å²) in [5, 5.41) is 10.9. The van der Waals surface area contributed by atoms with Crippen molar-refractivity contribution >= 4 is 23.4 Å². The Morgan fingerprint density at radius 3 is 3.00 bits per heavy atom. The topological polar surface area (TPSA) is 71.9 Å². The first-order valence-corrected chi connectivity index (χ1v) is 7.59. The van der Waals surface area contributed by atoms with Gasteiger partial charge in [-0.2, -0.15) is 0 Å². The van der Waals surface area contributed by atoms with Gasteiger partial charge in [-0.15, -0.1) is 5.10 Å². The lowest BCUT2D eigenvalue weighted by atomic mass is 10.2. The first-order valence-electron chi connectivity index (χ1n) is 6.39. The number of hydrogen-bond acceptors (Lipinski definition) is 5. The van der Waals surface area contributed by atoms with Gasteiger partial charge in [0, 0.05) is 32.1 Å². The van der Waals surface area contributed by atoms with E-state index in [1.165, 1.54) is 16.3 Å². The lowest BCUT2D eigenvalue weighted by molar-refractivity contribution is 0.199. The lowest BCUT2D eigenvalue weighted by Crippen LogP contribution is -2.19. The summed E-state index contributed by atoms with van der Waals surface area (Å²) in [5.41, 5.74) is 0.809. The molecule has 21 heavy (non-hydrogen) atoms. The van der Waals surface area contributed by atoms with Crippen LogP contribution in [0.3, 0.4) is 0 Å². The van der Waals surface area contributed by atoms with Gasteiger partial charge >= 0.3 is 5.69 Å². The molecular weight excluding hydrogens is 312 g/mol. The Labute approximate surface area is 131 Å². The molecule has 0 aliphatic carbocycles. The van der Waals surface area contributed by atoms with Crippen molar-refractivity contribution in [3.8, 4) is 0 Å². The Kier molecular flexibility index (Phi) is 5.86. The Morgan fingerprint density at radius 1 is 1.52 bits per heavy atom. The average molecular weight is 329 g/mol. The molecule has 0 amide bonds. The van der Waals surface area contributed by atoms with Gasteiger partial charge in [-0.3, -0.25) is 4.57 Å². The number of H-pyrrole nitrogens is 1. The fourth-order valence-electron chi connectivity index (χ4n) is 1.72. The molecule has 0 unspecified atom stereocenters. The number of hydrogen-bond donors (Lipinski definition) is 2. The Morgan fingerprint density at radius 2 is 2.33 bits per heavy atom. The van der Waals surface area contributed by atoms with Crippen molar-refractivity contribution in [1.82, 2.24) is 20.1 Å². The first kappa shape index (κ1) is 16.1. The molecule has 0 fully saturated rings. The van der Waals surface area contributed by atoms with Crippen LogP contribution in [-0.2, 0) is 18.3 Å². The van der Waals surface area contributed by atoms with Crippen LogP contribution in [0, 0.1) is 0 Å². The van der Waals surface area contributed by atoms with Crippen LogP contribution in [0.2, 0.25) is 5.02 Å². The zero-order valence-corrected chi connectivity index (χ0v) is 13.4. The number of nitrogens with zero attached hydrogens (tertiary/aromatic N) is 2. The van der Waals surface area contributed by atoms with Gasteiger partial charge in [0.25, 0.3) is 0 Å². The second-order valence-electron chi connectivity index (χ2n) is 4.37. The van der Waals surface area contributed by atoms with Gasteiger partial charge in [0.2, 0.25) is 0 Å². The zero-order chi connectivity index (χ0) is 15.2. The Bertz CT molecular complexity index is 656. The zero-order valence-electron chi connectivity index (χ0n) is 11.9. The molecule has 0 saturated heterocycles. The standard InChI is InChI=1S/C13H17ClN4O2S/c1-18-12(19)16-17-13(18)21-11-9(4-3-5-10(11)14)8-15-6-7-20-2/h3-5,15H,6-8H2,1-2H3,(H,16,19). The SMILES string of the molecule is COCCNCc1cccc(Cl)c1Sc1n[nH]c(=O)n1C. The van der Waals surface area contributed by atoms with Crippen LogP contribution < -0.4 is 11.0 Å². The largest absolute Gasteiger partial charge is 0.383 e. The van der Waals surface area contributed by atoms with Gasteiger partial charge < -0.3 is 10.1 Å². The van der Waals surface area contributed by atoms with Crippen LogP contribution in [0.4, 0.5) is 0 Å². The fourth-order valence-corrected chi connectivity index (χ4v) is 2.96. The fraction of sp³-hybridized carbons (Fsp3) is 0.385. The van der Waals surface area contributed by atoms with E-state index in [1.807, 2.05) is 18.2 Å². The average Bonchev–Trinajstić information content (AvgIpc) is 2.78. The summed E-state index contributed by atoms with van der Waals surface area (Å²) < 4.78 is 6.46. The molecule has 2 aromatic rings. The molecule has 1 aromatic heterocycles. The number of aromatic amines is 1. The van der Waals surface area contributed by atoms with Gasteiger partial charge in [-0.05, 0) is 23.4 Å². The van der Waals surface area contributed by atoms with Crippen LogP contribution in [0.1, 0.15) is 5.56 Å². The van der Waals surface area contributed by atoms with Crippen molar-refractivity contribution in [2.75, 3.05) is 20.3 Å². The van der Waals surface area contributed by atoms with Crippen molar-refractivity contribution in [3.05, 3.63) is 39.3 Å². The predicted octanol–water partition coefficient (Wildman–Crippen LogP) is 1.65. The summed E-state index contributed by atoms with van der Waals surface area (Å²) in [6, 6.07) is 5.73. The quantitative estimate of drug-likeness (QED) is 0.756. The van der Waals surface area contributed by atoms with E-state index >= 15 is 0 Å². The maximum atomic E-state index is 11.4. The highest BCUT2D eigenvalue weighted by molar-refractivity contribution is 7.99. The highest BCUT2D eigenvalue weighted by Gasteiger charge is 2.13. The second kappa shape index (κ2) is 7.65. The predicted molar refractivity (Wildman–Crippen MR) is 83.0 cm³/mol. The summed E-state index contributed by atoms with van der Waals surface area (Å²) in [6.45, 7) is 2.08. The molecule has 0 bridgehead atoms. The third-order valence-electron chi connectivity index (χ3n) is 2.88. The minimum Gasteiger partial charge on any atom is -0.383 e. The van der Waals surface area contributed by atoms with E-state index in [4.69, 9.17) is 16.3 Å². The molecular formula is C13H17ClN4O2S. The van der Waals surface area contributed by atoms with Crippen LogP contribution in [0.15, 0.2) is 33.0 Å². The van der Waals surface area contributed by atoms with Gasteiger partial charge in [-0.25, -0.2) is 9.89 Å². The minimum atomic E-state index is -0.246. The molecule has 0 atom stereocenters. The maximum absolute atomic E-state index is 11.4. The number of halogens is 1. The number of ether oxygens (including phenoxy) is 1. The molecule has 114 valence electrons. The van der Waals surface area contributed by atoms with Gasteiger partial charge in [0.05, 0.1) is 11.6 Å². The number of nitrogens with one attached hydrogen (secondary N) is 2. The molecule has 0 radical (unpaired) electrons. The normalized spacial score (nSPS) is 11.0. The van der Waals surface area contributed by atoms with E-state index in [-0.39, 0.29) is 5.69 Å². The molecule has 1 aromatic carbocycles. The number of rotatable bonds is 7. The van der Waals surface area contributed by atoms with Crippen molar-refractivity contribution < 1.29 is 4.74 Å². The number of benzene rings is 1. The Balaban J connectivity index is 2.17. The molecule has 6 nitrogen and oxygen atoms in total. The number of aromatic nitrogens is 3. The van der Waals surface area contributed by atoms with E-state index < -0.39 is 0 Å². The smallest absolute Gasteiger partial charge is 0.343 e. The van der Waals surface area contributed by atoms with E-state index in [1.54, 1.807) is 14.2 Å². The molecule has 8 heteroatoms. The van der Waals surface area contributed by atoms with Gasteiger partial charge in [0.1, 0.15) is 0 Å². The van der Waals surface area contributed by atoms with Gasteiger partial charge in [0.15, 0.2) is 5.16 Å². The highest BCUT2D eigenvalue weighted by atomic mass is 35.5. The van der Waals surface area contributed by atoms with Crippen molar-refractivity contribution in [3.63, 3.8) is 0 Å². The molecule has 0 spiro atoms. The third-order valence-corrected chi connectivity index (χ3v) is 4.54. The van der Waals surface area contributed by atoms with Gasteiger partial charge in [-0.1, -0.05) is 23.7 Å². The number of methoxy groups -OCH3 is 1. The molecule has 2 N–H and O–H groups in total. The molecule has 0 saturated carbocycles. The monoisotopic (exact) mass is 328 g/mol. The van der Waals surface area contributed by atoms with E-state index in [2.05, 4.69) is 15.5 Å². The molecule has 0 aliphatic heterocycles. The van der Waals surface area contributed by atoms with Crippen LogP contribution >= 0.6 is 23.4 Å². The van der Waals surface area contributed by atoms with Crippen LogP contribution in [0.5, 0.6) is 0 Å². The summed E-state index contributed by atoms with van der Waals surface area (Å²) in [5.74, 6) is 0. The van der Waals surface area contributed by atoms with E-state index in [0.29, 0.717) is 23.3 Å². The van der Waals surface area contributed by atoms with Crippen molar-refractivity contribution in [2.24, 2.45) is 7.05 Å². The van der Waals surface area contributed by atoms with E-state index in [0.717, 1.165) is 17.0 Å². The second-order valence-corrected chi connectivity index (χ2v) is 5.75. The molecule has 1 heterocycles. The lowest BCUT2D eigenvalue weighted by Gasteiger charge is -2.11. The van der Waals surface area contributed by atoms with Crippen LogP contribution in [0.25, 0.3) is 0 Å². The highest BCUT2D eigenvalue weighted by Crippen LogP contribution is 2.34. The summed E-state index contributed by atoms with van der Waals surface area (Å²) >= 11 is 7.65. The summed E-state index contributed by atoms with van der Waals surface area (Å²) in [6.07, 6.45) is 0. The maximum Gasteiger partial charge on any atom is 0.343 e. The minimum absolute atomic E-state index is 0.246. The van der Waals surface area contributed by atoms with Crippen molar-refractivity contribution in [1.29, 1.82) is 0 Å². The Hall–Kier alpha value is -1.28.